The van der Waals surface area contributed by atoms with Gasteiger partial charge in [0.1, 0.15) is 0 Å². The third-order valence-electron chi connectivity index (χ3n) is 3.62. The number of amides is 1. The Morgan fingerprint density at radius 1 is 1.21 bits per heavy atom. The third-order valence-corrected chi connectivity index (χ3v) is 3.62. The van der Waals surface area contributed by atoms with Crippen LogP contribution in [-0.4, -0.2) is 55.0 Å². The lowest BCUT2D eigenvalue weighted by Crippen LogP contribution is -2.42. The SMILES string of the molecule is CC(C)CN(CCCN)CC(=O)N1CCCCCC1. The summed E-state index contributed by atoms with van der Waals surface area (Å²) < 4.78 is 0. The molecule has 1 rings (SSSR count). The van der Waals surface area contributed by atoms with E-state index in [-0.39, 0.29) is 0 Å². The molecular weight excluding hydrogens is 238 g/mol. The summed E-state index contributed by atoms with van der Waals surface area (Å²) >= 11 is 0. The fourth-order valence-electron chi connectivity index (χ4n) is 2.68. The van der Waals surface area contributed by atoms with Crippen molar-refractivity contribution in [3.05, 3.63) is 0 Å². The lowest BCUT2D eigenvalue weighted by Gasteiger charge is -2.27. The van der Waals surface area contributed by atoms with Gasteiger partial charge >= 0.3 is 0 Å². The van der Waals surface area contributed by atoms with E-state index in [1.54, 1.807) is 0 Å². The molecule has 0 bridgehead atoms. The lowest BCUT2D eigenvalue weighted by molar-refractivity contribution is -0.132. The number of carbonyl (C=O) groups is 1. The van der Waals surface area contributed by atoms with Gasteiger partial charge in [-0.05, 0) is 38.3 Å². The number of rotatable bonds is 7. The Hall–Kier alpha value is -0.610. The number of nitrogens with zero attached hydrogens (tertiary/aromatic N) is 2. The topological polar surface area (TPSA) is 49.6 Å². The summed E-state index contributed by atoms with van der Waals surface area (Å²) in [5.41, 5.74) is 5.58. The van der Waals surface area contributed by atoms with E-state index in [1.807, 2.05) is 0 Å². The zero-order valence-corrected chi connectivity index (χ0v) is 12.7. The van der Waals surface area contributed by atoms with Crippen molar-refractivity contribution in [3.8, 4) is 0 Å². The minimum absolute atomic E-state index is 0.305. The first-order chi connectivity index (χ1) is 9.13. The standard InChI is InChI=1S/C15H31N3O/c1-14(2)12-17(9-7-8-16)13-15(19)18-10-5-3-4-6-11-18/h14H,3-13,16H2,1-2H3. The Labute approximate surface area is 118 Å². The molecule has 0 unspecified atom stereocenters. The molecule has 19 heavy (non-hydrogen) atoms. The normalized spacial score (nSPS) is 17.0. The Balaban J connectivity index is 2.43. The highest BCUT2D eigenvalue weighted by atomic mass is 16.2. The van der Waals surface area contributed by atoms with Crippen LogP contribution in [0.3, 0.4) is 0 Å². The molecule has 0 aromatic heterocycles. The van der Waals surface area contributed by atoms with Gasteiger partial charge in [-0.1, -0.05) is 26.7 Å². The molecular formula is C15H31N3O. The predicted molar refractivity (Wildman–Crippen MR) is 80.0 cm³/mol. The molecule has 0 aromatic carbocycles. The van der Waals surface area contributed by atoms with Gasteiger partial charge in [-0.15, -0.1) is 0 Å². The van der Waals surface area contributed by atoms with Crippen molar-refractivity contribution < 1.29 is 4.79 Å². The zero-order chi connectivity index (χ0) is 14.1. The van der Waals surface area contributed by atoms with Crippen LogP contribution in [0.4, 0.5) is 0 Å². The van der Waals surface area contributed by atoms with E-state index in [1.165, 1.54) is 25.7 Å². The molecule has 4 nitrogen and oxygen atoms in total. The molecule has 1 heterocycles. The molecule has 1 aliphatic rings. The van der Waals surface area contributed by atoms with Gasteiger partial charge in [0.15, 0.2) is 0 Å². The smallest absolute Gasteiger partial charge is 0.236 e. The highest BCUT2D eigenvalue weighted by Crippen LogP contribution is 2.10. The molecule has 0 radical (unpaired) electrons. The Morgan fingerprint density at radius 3 is 2.37 bits per heavy atom. The highest BCUT2D eigenvalue weighted by molar-refractivity contribution is 5.78. The van der Waals surface area contributed by atoms with E-state index in [4.69, 9.17) is 5.73 Å². The zero-order valence-electron chi connectivity index (χ0n) is 12.7. The molecule has 1 fully saturated rings. The van der Waals surface area contributed by atoms with Crippen molar-refractivity contribution in [2.45, 2.75) is 46.0 Å². The van der Waals surface area contributed by atoms with Gasteiger partial charge in [0.05, 0.1) is 6.54 Å². The molecule has 0 aliphatic carbocycles. The molecule has 112 valence electrons. The quantitative estimate of drug-likeness (QED) is 0.765. The van der Waals surface area contributed by atoms with E-state index in [0.717, 1.165) is 32.6 Å². The first-order valence-corrected chi connectivity index (χ1v) is 7.83. The second-order valence-electron chi connectivity index (χ2n) is 6.07. The van der Waals surface area contributed by atoms with Crippen LogP contribution in [0.5, 0.6) is 0 Å². The maximum absolute atomic E-state index is 12.4. The molecule has 0 atom stereocenters. The molecule has 1 amide bonds. The van der Waals surface area contributed by atoms with Crippen LogP contribution in [0.2, 0.25) is 0 Å². The molecule has 1 saturated heterocycles. The molecule has 0 aromatic rings. The number of hydrogen-bond donors (Lipinski definition) is 1. The summed E-state index contributed by atoms with van der Waals surface area (Å²) in [7, 11) is 0. The summed E-state index contributed by atoms with van der Waals surface area (Å²) in [5, 5.41) is 0. The number of hydrogen-bond acceptors (Lipinski definition) is 3. The average Bonchev–Trinajstić information content (AvgIpc) is 2.64. The van der Waals surface area contributed by atoms with Gasteiger partial charge in [0, 0.05) is 19.6 Å². The van der Waals surface area contributed by atoms with E-state index < -0.39 is 0 Å². The maximum atomic E-state index is 12.4. The van der Waals surface area contributed by atoms with Crippen LogP contribution >= 0.6 is 0 Å². The van der Waals surface area contributed by atoms with Crippen molar-refractivity contribution >= 4 is 5.91 Å². The van der Waals surface area contributed by atoms with Crippen LogP contribution < -0.4 is 5.73 Å². The van der Waals surface area contributed by atoms with Crippen LogP contribution in [-0.2, 0) is 4.79 Å². The third kappa shape index (κ3) is 6.92. The predicted octanol–water partition coefficient (Wildman–Crippen LogP) is 1.70. The van der Waals surface area contributed by atoms with Crippen LogP contribution in [0.25, 0.3) is 0 Å². The minimum Gasteiger partial charge on any atom is -0.342 e. The van der Waals surface area contributed by atoms with Gasteiger partial charge in [-0.25, -0.2) is 0 Å². The van der Waals surface area contributed by atoms with Crippen LogP contribution in [0.15, 0.2) is 0 Å². The van der Waals surface area contributed by atoms with Crippen molar-refractivity contribution in [2.24, 2.45) is 11.7 Å². The summed E-state index contributed by atoms with van der Waals surface area (Å²) in [5.74, 6) is 0.897. The van der Waals surface area contributed by atoms with Crippen LogP contribution in [0, 0.1) is 5.92 Å². The summed E-state index contributed by atoms with van der Waals surface area (Å²) in [6.07, 6.45) is 5.84. The number of carbonyl (C=O) groups excluding carboxylic acids is 1. The van der Waals surface area contributed by atoms with E-state index >= 15 is 0 Å². The fraction of sp³-hybridized carbons (Fsp3) is 0.933. The van der Waals surface area contributed by atoms with E-state index in [0.29, 0.717) is 24.9 Å². The summed E-state index contributed by atoms with van der Waals surface area (Å²) in [4.78, 5) is 16.7. The van der Waals surface area contributed by atoms with Crippen LogP contribution in [0.1, 0.15) is 46.0 Å². The molecule has 1 aliphatic heterocycles. The Morgan fingerprint density at radius 2 is 1.84 bits per heavy atom. The van der Waals surface area contributed by atoms with Gasteiger partial charge in [0.2, 0.25) is 5.91 Å². The number of likely N-dealkylation sites (tertiary alicyclic amines) is 1. The Kier molecular flexibility index (Phi) is 8.07. The maximum Gasteiger partial charge on any atom is 0.236 e. The molecule has 4 heteroatoms. The van der Waals surface area contributed by atoms with Gasteiger partial charge in [-0.3, -0.25) is 9.69 Å². The van der Waals surface area contributed by atoms with Gasteiger partial charge in [0.25, 0.3) is 0 Å². The van der Waals surface area contributed by atoms with Gasteiger partial charge < -0.3 is 10.6 Å². The second-order valence-corrected chi connectivity index (χ2v) is 6.07. The van der Waals surface area contributed by atoms with E-state index in [2.05, 4.69) is 23.6 Å². The second kappa shape index (κ2) is 9.32. The van der Waals surface area contributed by atoms with Crippen molar-refractivity contribution in [3.63, 3.8) is 0 Å². The van der Waals surface area contributed by atoms with E-state index in [9.17, 15) is 4.79 Å². The lowest BCUT2D eigenvalue weighted by atomic mass is 10.2. The monoisotopic (exact) mass is 269 g/mol. The largest absolute Gasteiger partial charge is 0.342 e. The highest BCUT2D eigenvalue weighted by Gasteiger charge is 2.18. The summed E-state index contributed by atoms with van der Waals surface area (Å²) in [6.45, 7) is 9.49. The first-order valence-electron chi connectivity index (χ1n) is 7.83. The average molecular weight is 269 g/mol. The summed E-state index contributed by atoms with van der Waals surface area (Å²) in [6, 6.07) is 0. The van der Waals surface area contributed by atoms with Crippen molar-refractivity contribution in [1.82, 2.24) is 9.80 Å². The van der Waals surface area contributed by atoms with Crippen molar-refractivity contribution in [2.75, 3.05) is 39.3 Å². The van der Waals surface area contributed by atoms with Gasteiger partial charge in [-0.2, -0.15) is 0 Å². The first kappa shape index (κ1) is 16.4. The fourth-order valence-corrected chi connectivity index (χ4v) is 2.68. The minimum atomic E-state index is 0.305. The Bertz CT molecular complexity index is 248. The molecule has 0 spiro atoms. The van der Waals surface area contributed by atoms with Crippen molar-refractivity contribution in [1.29, 1.82) is 0 Å². The molecule has 0 saturated carbocycles. The molecule has 2 N–H and O–H groups in total. The number of nitrogens with two attached hydrogens (primary N) is 1.